The van der Waals surface area contributed by atoms with Gasteiger partial charge in [-0.1, -0.05) is 0 Å². The fourth-order valence-corrected chi connectivity index (χ4v) is 2.14. The summed E-state index contributed by atoms with van der Waals surface area (Å²) in [4.78, 5) is 8.55. The van der Waals surface area contributed by atoms with E-state index in [1.807, 2.05) is 26.2 Å². The Balaban J connectivity index is 2.76. The number of aliphatic hydroxyl groups is 1. The van der Waals surface area contributed by atoms with Gasteiger partial charge in [0.2, 0.25) is 5.95 Å². The number of rotatable bonds is 6. The number of nitrogens with zero attached hydrogens (tertiary/aromatic N) is 2. The first-order chi connectivity index (χ1) is 8.10. The Morgan fingerprint density at radius 1 is 1.47 bits per heavy atom. The van der Waals surface area contributed by atoms with Gasteiger partial charge in [0.15, 0.2) is 0 Å². The highest BCUT2D eigenvalue weighted by Gasteiger charge is 2.15. The van der Waals surface area contributed by atoms with Gasteiger partial charge in [-0.15, -0.1) is 0 Å². The van der Waals surface area contributed by atoms with Crippen molar-refractivity contribution >= 4 is 23.5 Å². The van der Waals surface area contributed by atoms with Gasteiger partial charge in [-0.05, 0) is 20.1 Å². The molecule has 2 atom stereocenters. The van der Waals surface area contributed by atoms with Gasteiger partial charge in [-0.2, -0.15) is 16.7 Å². The van der Waals surface area contributed by atoms with Crippen molar-refractivity contribution in [3.05, 3.63) is 11.8 Å². The highest BCUT2D eigenvalue weighted by Crippen LogP contribution is 2.16. The van der Waals surface area contributed by atoms with E-state index in [2.05, 4.69) is 20.6 Å². The van der Waals surface area contributed by atoms with Crippen molar-refractivity contribution in [1.29, 1.82) is 0 Å². The van der Waals surface area contributed by atoms with Crippen molar-refractivity contribution in [1.82, 2.24) is 9.97 Å². The summed E-state index contributed by atoms with van der Waals surface area (Å²) in [5.41, 5.74) is 0.906. The zero-order valence-corrected chi connectivity index (χ0v) is 11.5. The second-order valence-corrected chi connectivity index (χ2v) is 4.93. The maximum absolute atomic E-state index is 9.22. The number of aromatic nitrogens is 2. The average molecular weight is 256 g/mol. The molecule has 0 fully saturated rings. The van der Waals surface area contributed by atoms with Crippen LogP contribution in [-0.2, 0) is 0 Å². The molecule has 0 bridgehead atoms. The molecule has 0 aliphatic heterocycles. The van der Waals surface area contributed by atoms with Crippen molar-refractivity contribution in [3.8, 4) is 0 Å². The SMILES string of the molecule is CNc1nc(C)cc(NC(C)C(CO)SC)n1. The molecule has 17 heavy (non-hydrogen) atoms. The van der Waals surface area contributed by atoms with Crippen LogP contribution in [0.2, 0.25) is 0 Å². The zero-order valence-electron chi connectivity index (χ0n) is 10.7. The number of thioether (sulfide) groups is 1. The Labute approximate surface area is 106 Å². The van der Waals surface area contributed by atoms with E-state index < -0.39 is 0 Å². The second kappa shape index (κ2) is 6.66. The number of anilines is 2. The van der Waals surface area contributed by atoms with Crippen molar-refractivity contribution in [3.63, 3.8) is 0 Å². The third kappa shape index (κ3) is 4.05. The van der Waals surface area contributed by atoms with Crippen LogP contribution < -0.4 is 10.6 Å². The van der Waals surface area contributed by atoms with Crippen LogP contribution in [0.4, 0.5) is 11.8 Å². The van der Waals surface area contributed by atoms with Gasteiger partial charge in [-0.3, -0.25) is 0 Å². The van der Waals surface area contributed by atoms with Crippen LogP contribution in [-0.4, -0.2) is 46.3 Å². The van der Waals surface area contributed by atoms with Crippen molar-refractivity contribution in [2.45, 2.75) is 25.1 Å². The molecule has 3 N–H and O–H groups in total. The average Bonchev–Trinajstić information content (AvgIpc) is 2.29. The number of nitrogens with one attached hydrogen (secondary N) is 2. The lowest BCUT2D eigenvalue weighted by atomic mass is 10.2. The lowest BCUT2D eigenvalue weighted by Gasteiger charge is -2.22. The van der Waals surface area contributed by atoms with Gasteiger partial charge in [0.1, 0.15) is 5.82 Å². The topological polar surface area (TPSA) is 70.1 Å². The van der Waals surface area contributed by atoms with Crippen molar-refractivity contribution in [2.75, 3.05) is 30.5 Å². The summed E-state index contributed by atoms with van der Waals surface area (Å²) >= 11 is 1.64. The second-order valence-electron chi connectivity index (χ2n) is 3.86. The van der Waals surface area contributed by atoms with Crippen LogP contribution in [0.15, 0.2) is 6.07 Å². The van der Waals surface area contributed by atoms with Gasteiger partial charge in [-0.25, -0.2) is 4.98 Å². The normalized spacial score (nSPS) is 14.2. The molecule has 0 aliphatic rings. The van der Waals surface area contributed by atoms with E-state index >= 15 is 0 Å². The van der Waals surface area contributed by atoms with Crippen LogP contribution in [0.5, 0.6) is 0 Å². The molecule has 1 aromatic rings. The third-order valence-electron chi connectivity index (χ3n) is 2.49. The molecule has 1 heterocycles. The minimum atomic E-state index is 0.147. The number of hydrogen-bond acceptors (Lipinski definition) is 6. The lowest BCUT2D eigenvalue weighted by molar-refractivity contribution is 0.288. The maximum atomic E-state index is 9.22. The molecule has 0 aliphatic carbocycles. The van der Waals surface area contributed by atoms with Gasteiger partial charge in [0, 0.05) is 30.1 Å². The predicted molar refractivity (Wildman–Crippen MR) is 73.8 cm³/mol. The minimum Gasteiger partial charge on any atom is -0.395 e. The van der Waals surface area contributed by atoms with E-state index in [-0.39, 0.29) is 17.9 Å². The van der Waals surface area contributed by atoms with Crippen LogP contribution in [0.3, 0.4) is 0 Å². The molecule has 0 saturated heterocycles. The quantitative estimate of drug-likeness (QED) is 0.714. The molecule has 0 spiro atoms. The van der Waals surface area contributed by atoms with E-state index in [1.165, 1.54) is 0 Å². The van der Waals surface area contributed by atoms with Gasteiger partial charge in [0.25, 0.3) is 0 Å². The Morgan fingerprint density at radius 2 is 2.18 bits per heavy atom. The van der Waals surface area contributed by atoms with Gasteiger partial charge < -0.3 is 15.7 Å². The zero-order chi connectivity index (χ0) is 12.8. The van der Waals surface area contributed by atoms with Crippen LogP contribution in [0.25, 0.3) is 0 Å². The number of hydrogen-bond donors (Lipinski definition) is 3. The molecule has 0 amide bonds. The first-order valence-corrected chi connectivity index (χ1v) is 6.83. The highest BCUT2D eigenvalue weighted by molar-refractivity contribution is 7.99. The molecule has 0 saturated carbocycles. The Morgan fingerprint density at radius 3 is 2.71 bits per heavy atom. The van der Waals surface area contributed by atoms with Crippen LogP contribution in [0.1, 0.15) is 12.6 Å². The lowest BCUT2D eigenvalue weighted by Crippen LogP contribution is -2.31. The first-order valence-electron chi connectivity index (χ1n) is 5.54. The van der Waals surface area contributed by atoms with Crippen molar-refractivity contribution < 1.29 is 5.11 Å². The van der Waals surface area contributed by atoms with E-state index in [4.69, 9.17) is 0 Å². The first kappa shape index (κ1) is 14.1. The Hall–Kier alpha value is -1.01. The molecule has 5 nitrogen and oxygen atoms in total. The summed E-state index contributed by atoms with van der Waals surface area (Å²) in [5.74, 6) is 1.38. The minimum absolute atomic E-state index is 0.147. The van der Waals surface area contributed by atoms with Gasteiger partial charge >= 0.3 is 0 Å². The summed E-state index contributed by atoms with van der Waals surface area (Å²) in [5, 5.41) is 15.6. The molecule has 96 valence electrons. The molecule has 0 radical (unpaired) electrons. The van der Waals surface area contributed by atoms with E-state index in [9.17, 15) is 5.11 Å². The monoisotopic (exact) mass is 256 g/mol. The van der Waals surface area contributed by atoms with E-state index in [0.29, 0.717) is 5.95 Å². The van der Waals surface area contributed by atoms with Crippen LogP contribution >= 0.6 is 11.8 Å². The highest BCUT2D eigenvalue weighted by atomic mass is 32.2. The summed E-state index contributed by atoms with van der Waals surface area (Å²) in [6.07, 6.45) is 1.99. The molecule has 6 heteroatoms. The predicted octanol–water partition coefficient (Wildman–Crippen LogP) is 1.35. The number of aryl methyl sites for hydroxylation is 1. The summed E-state index contributed by atoms with van der Waals surface area (Å²) in [6.45, 7) is 4.11. The molecular formula is C11H20N4OS. The fourth-order valence-electron chi connectivity index (χ4n) is 1.52. The van der Waals surface area contributed by atoms with Crippen LogP contribution in [0, 0.1) is 6.92 Å². The summed E-state index contributed by atoms with van der Waals surface area (Å²) in [6, 6.07) is 2.04. The summed E-state index contributed by atoms with van der Waals surface area (Å²) in [7, 11) is 1.79. The smallest absolute Gasteiger partial charge is 0.224 e. The fraction of sp³-hybridized carbons (Fsp3) is 0.636. The third-order valence-corrected chi connectivity index (χ3v) is 3.66. The molecule has 0 aromatic carbocycles. The Kier molecular flexibility index (Phi) is 5.50. The Bertz CT molecular complexity index is 357. The van der Waals surface area contributed by atoms with Crippen molar-refractivity contribution in [2.24, 2.45) is 0 Å². The molecule has 1 aromatic heterocycles. The molecule has 2 unspecified atom stereocenters. The van der Waals surface area contributed by atoms with E-state index in [1.54, 1.807) is 18.8 Å². The van der Waals surface area contributed by atoms with E-state index in [0.717, 1.165) is 11.5 Å². The standard InChI is InChI=1S/C11H20N4OS/c1-7-5-10(15-11(12-3)13-7)14-8(2)9(6-16)17-4/h5,8-9,16H,6H2,1-4H3,(H2,12,13,14,15). The maximum Gasteiger partial charge on any atom is 0.224 e. The number of aliphatic hydroxyl groups excluding tert-OH is 1. The molecule has 1 rings (SSSR count). The molecular weight excluding hydrogens is 236 g/mol. The van der Waals surface area contributed by atoms with Gasteiger partial charge in [0.05, 0.1) is 6.61 Å². The summed E-state index contributed by atoms with van der Waals surface area (Å²) < 4.78 is 0. The largest absolute Gasteiger partial charge is 0.395 e.